The van der Waals surface area contributed by atoms with Crippen LogP contribution in [0.25, 0.3) is 21.5 Å². The first-order chi connectivity index (χ1) is 6.93. The second kappa shape index (κ2) is 2.85. The van der Waals surface area contributed by atoms with Crippen LogP contribution in [0.15, 0.2) is 60.7 Å². The third-order valence-corrected chi connectivity index (χ3v) is 2.61. The van der Waals surface area contributed by atoms with Gasteiger partial charge in [0, 0.05) is 0 Å². The molecule has 3 aromatic carbocycles. The van der Waals surface area contributed by atoms with Crippen molar-refractivity contribution >= 4 is 21.5 Å². The fourth-order valence-corrected chi connectivity index (χ4v) is 1.88. The topological polar surface area (TPSA) is 0 Å². The average molecular weight is 192 g/mol. The Hall–Kier alpha value is -1.82. The van der Waals surface area contributed by atoms with E-state index in [4.69, 9.17) is 0 Å². The zero-order valence-corrected chi connectivity index (χ0v) is 7.77. The van der Waals surface area contributed by atoms with Crippen LogP contribution in [0.3, 0.4) is 0 Å². The molecule has 0 aliphatic heterocycles. The number of rotatable bonds is 0. The molecule has 0 aliphatic carbocycles. The Balaban J connectivity index is 2.52. The Morgan fingerprint density at radius 2 is 0.714 bits per heavy atom. The Labute approximate surface area is 82.8 Å². The first kappa shape index (κ1) is 7.57. The summed E-state index contributed by atoms with van der Waals surface area (Å²) < 4.78 is 0. The van der Waals surface area contributed by atoms with E-state index in [1.165, 1.54) is 21.5 Å². The SMILES string of the molecule is [13cH]1[13cH][13cH][13c]2[13cH][13c]3[13cH][13cH][13cH][13cH][13c]3[13cH][13c]2[13cH]1. The van der Waals surface area contributed by atoms with E-state index in [1.807, 2.05) is 0 Å². The first-order valence-electron chi connectivity index (χ1n) is 4.81. The van der Waals surface area contributed by atoms with E-state index < -0.39 is 0 Å². The van der Waals surface area contributed by atoms with Crippen molar-refractivity contribution in [2.24, 2.45) is 0 Å². The van der Waals surface area contributed by atoms with Gasteiger partial charge in [0.25, 0.3) is 0 Å². The number of hydrogen-bond acceptors (Lipinski definition) is 0. The molecule has 0 spiro atoms. The van der Waals surface area contributed by atoms with E-state index in [1.54, 1.807) is 0 Å². The van der Waals surface area contributed by atoms with Crippen LogP contribution in [-0.2, 0) is 0 Å². The Bertz CT molecular complexity index is 489. The van der Waals surface area contributed by atoms with E-state index in [0.717, 1.165) is 0 Å². The molecular weight excluding hydrogens is 182 g/mol. The molecule has 0 saturated carbocycles. The molecule has 0 bridgehead atoms. The fraction of sp³-hybridized carbons (Fsp3) is 0. The van der Waals surface area contributed by atoms with Gasteiger partial charge in [0.2, 0.25) is 0 Å². The van der Waals surface area contributed by atoms with Gasteiger partial charge in [0.15, 0.2) is 0 Å². The summed E-state index contributed by atoms with van der Waals surface area (Å²) in [5.41, 5.74) is 0. The monoisotopic (exact) mass is 192 g/mol. The van der Waals surface area contributed by atoms with Crippen molar-refractivity contribution in [2.75, 3.05) is 0 Å². The van der Waals surface area contributed by atoms with Crippen LogP contribution in [0.1, 0.15) is 0 Å². The Morgan fingerprint density at radius 3 is 1.00 bits per heavy atom. The van der Waals surface area contributed by atoms with E-state index in [9.17, 15) is 0 Å². The highest BCUT2D eigenvalue weighted by atomic mass is 15.0. The second-order valence-corrected chi connectivity index (χ2v) is 3.55. The number of hydrogen-bond donors (Lipinski definition) is 0. The van der Waals surface area contributed by atoms with Crippen LogP contribution in [0, 0.1) is 0 Å². The summed E-state index contributed by atoms with van der Waals surface area (Å²) in [6, 6.07) is 21.4. The lowest BCUT2D eigenvalue weighted by Crippen LogP contribution is -1.74. The highest BCUT2D eigenvalue weighted by Crippen LogP contribution is 2.21. The molecule has 0 heterocycles. The first-order valence-corrected chi connectivity index (χ1v) is 4.81. The lowest BCUT2D eigenvalue weighted by molar-refractivity contribution is 1.76. The fourth-order valence-electron chi connectivity index (χ4n) is 1.88. The predicted molar refractivity (Wildman–Crippen MR) is 61.5 cm³/mol. The summed E-state index contributed by atoms with van der Waals surface area (Å²) in [5.74, 6) is 0. The number of fused-ring (bicyclic) bond motifs is 2. The molecule has 14 heavy (non-hydrogen) atoms. The van der Waals surface area contributed by atoms with Crippen LogP contribution in [0.5, 0.6) is 0 Å². The normalized spacial score (nSPS) is 10.9. The van der Waals surface area contributed by atoms with Crippen molar-refractivity contribution in [1.29, 1.82) is 0 Å². The molecule has 0 N–H and O–H groups in total. The van der Waals surface area contributed by atoms with Gasteiger partial charge in [-0.25, -0.2) is 0 Å². The largest absolute Gasteiger partial charge is 0.0616 e. The molecule has 66 valence electrons. The van der Waals surface area contributed by atoms with Gasteiger partial charge in [-0.2, -0.15) is 0 Å². The molecule has 0 atom stereocenters. The van der Waals surface area contributed by atoms with Crippen LogP contribution >= 0.6 is 0 Å². The quantitative estimate of drug-likeness (QED) is 0.472. The molecule has 0 nitrogen and oxygen atoms in total. The minimum absolute atomic E-state index is 1.31. The van der Waals surface area contributed by atoms with Crippen LogP contribution < -0.4 is 0 Å². The maximum absolute atomic E-state index is 2.24. The third kappa shape index (κ3) is 1.08. The molecule has 0 amide bonds. The minimum Gasteiger partial charge on any atom is -0.0616 e. The summed E-state index contributed by atoms with van der Waals surface area (Å²) in [6.07, 6.45) is 0. The van der Waals surface area contributed by atoms with E-state index >= 15 is 0 Å². The maximum atomic E-state index is 2.24. The molecule has 0 fully saturated rings. The van der Waals surface area contributed by atoms with Gasteiger partial charge in [0.05, 0.1) is 0 Å². The van der Waals surface area contributed by atoms with Crippen LogP contribution in [0.2, 0.25) is 0 Å². The van der Waals surface area contributed by atoms with Gasteiger partial charge in [-0.1, -0.05) is 48.5 Å². The molecule has 0 aromatic heterocycles. The highest BCUT2D eigenvalue weighted by Gasteiger charge is 1.95. The molecule has 0 aliphatic rings. The molecule has 0 heteroatoms. The molecular formula is C14H10. The summed E-state index contributed by atoms with van der Waals surface area (Å²) >= 11 is 0. The summed E-state index contributed by atoms with van der Waals surface area (Å²) in [7, 11) is 0. The maximum Gasteiger partial charge on any atom is -0.0178 e. The summed E-state index contributed by atoms with van der Waals surface area (Å²) in [5, 5.41) is 5.25. The van der Waals surface area contributed by atoms with Crippen molar-refractivity contribution in [3.63, 3.8) is 0 Å². The standard InChI is InChI=1S/C14H10/c1-2-6-12-10-14-8-4-3-7-13(14)9-11(12)5-1/h1-10H/i1+1,2+1,3+1,4+1,5+1,6+1,7+1,8+1,9+1,10+1,11+1,12+1,13+1,14+1. The van der Waals surface area contributed by atoms with Gasteiger partial charge in [0.1, 0.15) is 0 Å². The lowest BCUT2D eigenvalue weighted by Gasteiger charge is -2.00. The Kier molecular flexibility index (Phi) is 1.54. The molecule has 3 rings (SSSR count). The van der Waals surface area contributed by atoms with Crippen molar-refractivity contribution in [3.05, 3.63) is 60.7 Å². The molecule has 3 aromatic rings. The predicted octanol–water partition coefficient (Wildman–Crippen LogP) is 3.99. The lowest BCUT2D eigenvalue weighted by atomic mass is 11.0. The van der Waals surface area contributed by atoms with Gasteiger partial charge < -0.3 is 0 Å². The average Bonchev–Trinajstić information content (AvgIpc) is 2.26. The molecule has 0 radical (unpaired) electrons. The van der Waals surface area contributed by atoms with Crippen molar-refractivity contribution in [2.45, 2.75) is 0 Å². The van der Waals surface area contributed by atoms with Crippen LogP contribution in [0.4, 0.5) is 0 Å². The van der Waals surface area contributed by atoms with Gasteiger partial charge >= 0.3 is 0 Å². The summed E-state index contributed by atoms with van der Waals surface area (Å²) in [6.45, 7) is 0. The second-order valence-electron chi connectivity index (χ2n) is 3.55. The van der Waals surface area contributed by atoms with Gasteiger partial charge in [-0.05, 0) is 33.7 Å². The smallest absolute Gasteiger partial charge is 0.0178 e. The van der Waals surface area contributed by atoms with Crippen LogP contribution in [-0.4, -0.2) is 0 Å². The zero-order valence-electron chi connectivity index (χ0n) is 7.77. The zero-order chi connectivity index (χ0) is 9.38. The van der Waals surface area contributed by atoms with Crippen molar-refractivity contribution < 1.29 is 0 Å². The van der Waals surface area contributed by atoms with Crippen molar-refractivity contribution in [3.8, 4) is 0 Å². The van der Waals surface area contributed by atoms with Crippen molar-refractivity contribution in [1.82, 2.24) is 0 Å². The van der Waals surface area contributed by atoms with Gasteiger partial charge in [-0.15, -0.1) is 0 Å². The van der Waals surface area contributed by atoms with E-state index in [-0.39, 0.29) is 0 Å². The third-order valence-electron chi connectivity index (χ3n) is 2.61. The van der Waals surface area contributed by atoms with Gasteiger partial charge in [-0.3, -0.25) is 0 Å². The van der Waals surface area contributed by atoms with E-state index in [0.29, 0.717) is 0 Å². The number of benzene rings is 3. The Morgan fingerprint density at radius 1 is 0.429 bits per heavy atom. The summed E-state index contributed by atoms with van der Waals surface area (Å²) in [4.78, 5) is 0. The molecule has 0 saturated heterocycles. The minimum atomic E-state index is 1.31. The van der Waals surface area contributed by atoms with E-state index in [2.05, 4.69) is 60.7 Å². The highest BCUT2D eigenvalue weighted by molar-refractivity contribution is 5.97. The molecule has 0 unspecified atom stereocenters.